The monoisotopic (exact) mass is 417 g/mol. The highest BCUT2D eigenvalue weighted by Crippen LogP contribution is 2.32. The summed E-state index contributed by atoms with van der Waals surface area (Å²) < 4.78 is 52.4. The molecule has 0 bridgehead atoms. The third-order valence-corrected chi connectivity index (χ3v) is 4.12. The topological polar surface area (TPSA) is 71.1 Å². The number of aromatic nitrogens is 1. The predicted octanol–water partition coefficient (Wildman–Crippen LogP) is 4.42. The average molecular weight is 417 g/mol. The minimum absolute atomic E-state index is 0.134. The summed E-state index contributed by atoms with van der Waals surface area (Å²) in [4.78, 5) is 28.4. The van der Waals surface area contributed by atoms with Crippen molar-refractivity contribution in [3.8, 4) is 0 Å². The van der Waals surface area contributed by atoms with Crippen LogP contribution < -0.4 is 10.6 Å². The summed E-state index contributed by atoms with van der Waals surface area (Å²) in [5.41, 5.74) is -0.633. The van der Waals surface area contributed by atoms with Gasteiger partial charge in [-0.1, -0.05) is 12.1 Å². The quantitative estimate of drug-likeness (QED) is 0.604. The standard InChI is InChI=1S/C21H15F4N3O2/c22-16-7-6-14(18(10-16)21(23,24)25)12-27-19(29)13-3-1-5-17(9-13)28-20(30)15-4-2-8-26-11-15/h1-11H,12H2,(H,27,29)(H,28,30). The van der Waals surface area contributed by atoms with Gasteiger partial charge in [-0.25, -0.2) is 4.39 Å². The lowest BCUT2D eigenvalue weighted by Gasteiger charge is -2.14. The second-order valence-corrected chi connectivity index (χ2v) is 6.26. The molecule has 2 N–H and O–H groups in total. The van der Waals surface area contributed by atoms with E-state index in [9.17, 15) is 27.2 Å². The molecule has 2 aromatic carbocycles. The van der Waals surface area contributed by atoms with Crippen molar-refractivity contribution in [3.63, 3.8) is 0 Å². The third-order valence-electron chi connectivity index (χ3n) is 4.12. The zero-order valence-electron chi connectivity index (χ0n) is 15.3. The van der Waals surface area contributed by atoms with Crippen molar-refractivity contribution in [2.45, 2.75) is 12.7 Å². The Labute approximate surface area is 168 Å². The van der Waals surface area contributed by atoms with Crippen LogP contribution in [0.25, 0.3) is 0 Å². The lowest BCUT2D eigenvalue weighted by molar-refractivity contribution is -0.138. The maximum Gasteiger partial charge on any atom is 0.416 e. The predicted molar refractivity (Wildman–Crippen MR) is 101 cm³/mol. The summed E-state index contributed by atoms with van der Waals surface area (Å²) in [5, 5.41) is 4.99. The fourth-order valence-corrected chi connectivity index (χ4v) is 2.68. The minimum atomic E-state index is -4.75. The summed E-state index contributed by atoms with van der Waals surface area (Å²) in [5.74, 6) is -2.10. The van der Waals surface area contributed by atoms with Crippen molar-refractivity contribution >= 4 is 17.5 Å². The van der Waals surface area contributed by atoms with Crippen LogP contribution in [0.3, 0.4) is 0 Å². The van der Waals surface area contributed by atoms with Gasteiger partial charge in [-0.2, -0.15) is 13.2 Å². The molecule has 1 heterocycles. The highest BCUT2D eigenvalue weighted by Gasteiger charge is 2.33. The second kappa shape index (κ2) is 8.73. The van der Waals surface area contributed by atoms with E-state index in [1.165, 1.54) is 30.6 Å². The molecule has 0 fully saturated rings. The molecule has 3 aromatic rings. The van der Waals surface area contributed by atoms with E-state index >= 15 is 0 Å². The largest absolute Gasteiger partial charge is 0.416 e. The number of carbonyl (C=O) groups excluding carboxylic acids is 2. The van der Waals surface area contributed by atoms with Crippen molar-refractivity contribution < 1.29 is 27.2 Å². The number of anilines is 1. The van der Waals surface area contributed by atoms with E-state index in [1.54, 1.807) is 18.2 Å². The number of benzene rings is 2. The van der Waals surface area contributed by atoms with Gasteiger partial charge in [-0.05, 0) is 48.0 Å². The third kappa shape index (κ3) is 5.19. The molecule has 3 rings (SSSR count). The molecule has 154 valence electrons. The summed E-state index contributed by atoms with van der Waals surface area (Å²) in [6, 6.07) is 11.3. The molecule has 5 nitrogen and oxygen atoms in total. The summed E-state index contributed by atoms with van der Waals surface area (Å²) in [7, 11) is 0. The van der Waals surface area contributed by atoms with Gasteiger partial charge >= 0.3 is 6.18 Å². The number of hydrogen-bond donors (Lipinski definition) is 2. The van der Waals surface area contributed by atoms with Crippen LogP contribution in [0.2, 0.25) is 0 Å². The first-order chi connectivity index (χ1) is 14.2. The molecular weight excluding hydrogens is 402 g/mol. The van der Waals surface area contributed by atoms with Gasteiger partial charge in [0, 0.05) is 30.2 Å². The van der Waals surface area contributed by atoms with Crippen LogP contribution in [0, 0.1) is 5.82 Å². The van der Waals surface area contributed by atoms with Crippen molar-refractivity contribution in [2.24, 2.45) is 0 Å². The molecule has 1 aromatic heterocycles. The second-order valence-electron chi connectivity index (χ2n) is 6.26. The first-order valence-corrected chi connectivity index (χ1v) is 8.69. The number of amides is 2. The Balaban J connectivity index is 1.70. The van der Waals surface area contributed by atoms with E-state index in [1.807, 2.05) is 0 Å². The number of halogens is 4. The molecule has 30 heavy (non-hydrogen) atoms. The SMILES string of the molecule is O=C(NCc1ccc(F)cc1C(F)(F)F)c1cccc(NC(=O)c2cccnc2)c1. The van der Waals surface area contributed by atoms with Crippen molar-refractivity contribution in [3.05, 3.63) is 95.1 Å². The van der Waals surface area contributed by atoms with E-state index in [0.29, 0.717) is 17.3 Å². The van der Waals surface area contributed by atoms with E-state index < -0.39 is 35.9 Å². The summed E-state index contributed by atoms with van der Waals surface area (Å²) in [6.45, 7) is -0.444. The zero-order chi connectivity index (χ0) is 21.7. The molecule has 0 aliphatic rings. The molecule has 0 spiro atoms. The number of nitrogens with zero attached hydrogens (tertiary/aromatic N) is 1. The summed E-state index contributed by atoms with van der Waals surface area (Å²) >= 11 is 0. The van der Waals surface area contributed by atoms with Crippen molar-refractivity contribution in [1.29, 1.82) is 0 Å². The maximum atomic E-state index is 13.2. The molecule has 0 aliphatic heterocycles. The Kier molecular flexibility index (Phi) is 6.10. The number of hydrogen-bond acceptors (Lipinski definition) is 3. The van der Waals surface area contributed by atoms with Crippen LogP contribution in [0.5, 0.6) is 0 Å². The molecular formula is C21H15F4N3O2. The molecule has 0 radical (unpaired) electrons. The lowest BCUT2D eigenvalue weighted by Crippen LogP contribution is -2.25. The van der Waals surface area contributed by atoms with E-state index in [2.05, 4.69) is 15.6 Å². The molecule has 0 unspecified atom stereocenters. The van der Waals surface area contributed by atoms with Crippen LogP contribution in [0.1, 0.15) is 31.8 Å². The van der Waals surface area contributed by atoms with Crippen LogP contribution in [-0.2, 0) is 12.7 Å². The first-order valence-electron chi connectivity index (χ1n) is 8.69. The zero-order valence-corrected chi connectivity index (χ0v) is 15.3. The molecule has 0 aliphatic carbocycles. The van der Waals surface area contributed by atoms with Gasteiger partial charge in [0.2, 0.25) is 0 Å². The Hall–Kier alpha value is -3.75. The Morgan fingerprint density at radius 2 is 1.70 bits per heavy atom. The van der Waals surface area contributed by atoms with Gasteiger partial charge in [0.25, 0.3) is 11.8 Å². The first kappa shape index (κ1) is 21.0. The van der Waals surface area contributed by atoms with Gasteiger partial charge in [0.1, 0.15) is 5.82 Å². The highest BCUT2D eigenvalue weighted by atomic mass is 19.4. The molecule has 0 saturated heterocycles. The molecule has 0 atom stereocenters. The Morgan fingerprint density at radius 1 is 0.933 bits per heavy atom. The van der Waals surface area contributed by atoms with E-state index in [-0.39, 0.29) is 11.1 Å². The number of rotatable bonds is 5. The van der Waals surface area contributed by atoms with E-state index in [0.717, 1.165) is 12.1 Å². The fraction of sp³-hybridized carbons (Fsp3) is 0.0952. The summed E-state index contributed by atoms with van der Waals surface area (Å²) in [6.07, 6.45) is -1.85. The van der Waals surface area contributed by atoms with Crippen LogP contribution in [-0.4, -0.2) is 16.8 Å². The molecule has 2 amide bonds. The van der Waals surface area contributed by atoms with Crippen LogP contribution in [0.15, 0.2) is 67.0 Å². The van der Waals surface area contributed by atoms with Gasteiger partial charge in [0.15, 0.2) is 0 Å². The Bertz CT molecular complexity index is 1070. The van der Waals surface area contributed by atoms with Gasteiger partial charge in [0.05, 0.1) is 11.1 Å². The van der Waals surface area contributed by atoms with Crippen molar-refractivity contribution in [1.82, 2.24) is 10.3 Å². The number of nitrogens with one attached hydrogen (secondary N) is 2. The van der Waals surface area contributed by atoms with Gasteiger partial charge in [-0.3, -0.25) is 14.6 Å². The normalized spacial score (nSPS) is 11.1. The van der Waals surface area contributed by atoms with Crippen LogP contribution in [0.4, 0.5) is 23.2 Å². The molecule has 9 heteroatoms. The Morgan fingerprint density at radius 3 is 2.40 bits per heavy atom. The lowest BCUT2D eigenvalue weighted by atomic mass is 10.1. The number of alkyl halides is 3. The number of pyridine rings is 1. The number of carbonyl (C=O) groups is 2. The average Bonchev–Trinajstić information content (AvgIpc) is 2.72. The van der Waals surface area contributed by atoms with Gasteiger partial charge < -0.3 is 10.6 Å². The molecule has 0 saturated carbocycles. The fourth-order valence-electron chi connectivity index (χ4n) is 2.68. The van der Waals surface area contributed by atoms with Crippen LogP contribution >= 0.6 is 0 Å². The smallest absolute Gasteiger partial charge is 0.348 e. The maximum absolute atomic E-state index is 13.2. The minimum Gasteiger partial charge on any atom is -0.348 e. The highest BCUT2D eigenvalue weighted by molar-refractivity contribution is 6.04. The van der Waals surface area contributed by atoms with E-state index in [4.69, 9.17) is 0 Å². The van der Waals surface area contributed by atoms with Gasteiger partial charge in [-0.15, -0.1) is 0 Å². The van der Waals surface area contributed by atoms with Crippen molar-refractivity contribution in [2.75, 3.05) is 5.32 Å².